The molecule has 1 aromatic carbocycles. The van der Waals surface area contributed by atoms with Gasteiger partial charge in [0.25, 0.3) is 11.6 Å². The van der Waals surface area contributed by atoms with E-state index in [0.717, 1.165) is 5.56 Å². The maximum atomic E-state index is 13.4. The average Bonchev–Trinajstić information content (AvgIpc) is 2.50. The van der Waals surface area contributed by atoms with Gasteiger partial charge in [0.05, 0.1) is 0 Å². The van der Waals surface area contributed by atoms with Crippen LogP contribution in [0.4, 0.5) is 4.39 Å². The Bertz CT molecular complexity index is 1000. The SMILES string of the molecule is CCc1cc(=O)oc2nc(OCc3cc(C)cc(F)c3)[nH]c(=O)c12. The summed E-state index contributed by atoms with van der Waals surface area (Å²) in [6, 6.07) is 5.68. The highest BCUT2D eigenvalue weighted by Crippen LogP contribution is 2.15. The van der Waals surface area contributed by atoms with Crippen LogP contribution in [0.15, 0.2) is 38.3 Å². The Hall–Kier alpha value is -2.96. The molecule has 0 saturated heterocycles. The molecule has 0 spiro atoms. The Morgan fingerprint density at radius 3 is 2.75 bits per heavy atom. The lowest BCUT2D eigenvalue weighted by molar-refractivity contribution is 0.279. The highest BCUT2D eigenvalue weighted by molar-refractivity contribution is 5.75. The highest BCUT2D eigenvalue weighted by atomic mass is 19.1. The summed E-state index contributed by atoms with van der Waals surface area (Å²) in [5, 5.41) is 0.228. The Morgan fingerprint density at radius 1 is 1.25 bits per heavy atom. The summed E-state index contributed by atoms with van der Waals surface area (Å²) in [4.78, 5) is 30.3. The molecule has 0 aliphatic carbocycles. The number of rotatable bonds is 4. The molecule has 24 heavy (non-hydrogen) atoms. The molecule has 0 atom stereocenters. The number of H-pyrrole nitrogens is 1. The van der Waals surface area contributed by atoms with Crippen LogP contribution < -0.4 is 15.9 Å². The second-order valence-electron chi connectivity index (χ2n) is 5.42. The summed E-state index contributed by atoms with van der Waals surface area (Å²) in [6.07, 6.45) is 0.496. The van der Waals surface area contributed by atoms with Crippen molar-refractivity contribution in [1.82, 2.24) is 9.97 Å². The van der Waals surface area contributed by atoms with Crippen LogP contribution in [0.25, 0.3) is 11.1 Å². The minimum Gasteiger partial charge on any atom is -0.460 e. The highest BCUT2D eigenvalue weighted by Gasteiger charge is 2.12. The van der Waals surface area contributed by atoms with E-state index in [2.05, 4.69) is 9.97 Å². The summed E-state index contributed by atoms with van der Waals surface area (Å²) >= 11 is 0. The molecule has 0 unspecified atom stereocenters. The van der Waals surface area contributed by atoms with Gasteiger partial charge in [-0.05, 0) is 42.2 Å². The molecule has 0 aliphatic heterocycles. The van der Waals surface area contributed by atoms with Crippen LogP contribution in [0.5, 0.6) is 6.01 Å². The molecule has 3 rings (SSSR count). The van der Waals surface area contributed by atoms with Gasteiger partial charge >= 0.3 is 5.63 Å². The second-order valence-corrected chi connectivity index (χ2v) is 5.42. The van der Waals surface area contributed by atoms with E-state index >= 15 is 0 Å². The topological polar surface area (TPSA) is 85.2 Å². The van der Waals surface area contributed by atoms with E-state index in [-0.39, 0.29) is 29.5 Å². The molecule has 0 fully saturated rings. The predicted molar refractivity (Wildman–Crippen MR) is 85.7 cm³/mol. The van der Waals surface area contributed by atoms with Crippen molar-refractivity contribution in [2.75, 3.05) is 0 Å². The molecule has 0 aliphatic rings. The van der Waals surface area contributed by atoms with Crippen molar-refractivity contribution in [2.24, 2.45) is 0 Å². The fourth-order valence-corrected chi connectivity index (χ4v) is 2.52. The molecule has 6 nitrogen and oxygen atoms in total. The standard InChI is InChI=1S/C17H15FN2O4/c1-3-11-7-13(21)24-16-14(11)15(22)19-17(20-16)23-8-10-4-9(2)5-12(18)6-10/h4-7H,3,8H2,1-2H3,(H,19,20,22). The van der Waals surface area contributed by atoms with Crippen molar-refractivity contribution in [3.63, 3.8) is 0 Å². The summed E-state index contributed by atoms with van der Waals surface area (Å²) in [5.41, 5.74) is 0.803. The Labute approximate surface area is 135 Å². The zero-order valence-electron chi connectivity index (χ0n) is 13.2. The van der Waals surface area contributed by atoms with E-state index in [0.29, 0.717) is 17.5 Å². The molecule has 2 heterocycles. The molecule has 124 valence electrons. The molecular weight excluding hydrogens is 315 g/mol. The van der Waals surface area contributed by atoms with Gasteiger partial charge in [0.15, 0.2) is 0 Å². The van der Waals surface area contributed by atoms with Crippen molar-refractivity contribution in [2.45, 2.75) is 26.9 Å². The number of aromatic amines is 1. The second kappa shape index (κ2) is 6.27. The van der Waals surface area contributed by atoms with Gasteiger partial charge in [-0.3, -0.25) is 9.78 Å². The first kappa shape index (κ1) is 15.9. The predicted octanol–water partition coefficient (Wildman–Crippen LogP) is 2.47. The number of fused-ring (bicyclic) bond motifs is 1. The summed E-state index contributed by atoms with van der Waals surface area (Å²) < 4.78 is 23.8. The van der Waals surface area contributed by atoms with Gasteiger partial charge in [-0.2, -0.15) is 4.98 Å². The van der Waals surface area contributed by atoms with Crippen LogP contribution in [0.3, 0.4) is 0 Å². The number of hydrogen-bond acceptors (Lipinski definition) is 5. The lowest BCUT2D eigenvalue weighted by Crippen LogP contribution is -2.15. The van der Waals surface area contributed by atoms with Crippen molar-refractivity contribution < 1.29 is 13.5 Å². The minimum atomic E-state index is -0.579. The number of nitrogens with zero attached hydrogens (tertiary/aromatic N) is 1. The quantitative estimate of drug-likeness (QED) is 0.794. The average molecular weight is 330 g/mol. The third kappa shape index (κ3) is 3.19. The molecule has 1 N–H and O–H groups in total. The first-order chi connectivity index (χ1) is 11.5. The third-order valence-electron chi connectivity index (χ3n) is 3.53. The number of ether oxygens (including phenoxy) is 1. The fraction of sp³-hybridized carbons (Fsp3) is 0.235. The molecular formula is C17H15FN2O4. The smallest absolute Gasteiger partial charge is 0.337 e. The van der Waals surface area contributed by atoms with Gasteiger partial charge in [0.1, 0.15) is 17.8 Å². The number of hydrogen-bond donors (Lipinski definition) is 1. The number of halogens is 1. The van der Waals surface area contributed by atoms with Crippen LogP contribution >= 0.6 is 0 Å². The zero-order valence-corrected chi connectivity index (χ0v) is 13.2. The molecule has 0 radical (unpaired) electrons. The lowest BCUT2D eigenvalue weighted by atomic mass is 10.1. The molecule has 0 bridgehead atoms. The summed E-state index contributed by atoms with van der Waals surface area (Å²) in [6.45, 7) is 3.61. The molecule has 2 aromatic heterocycles. The van der Waals surface area contributed by atoms with Gasteiger partial charge in [0.2, 0.25) is 5.71 Å². The number of benzene rings is 1. The van der Waals surface area contributed by atoms with E-state index in [1.165, 1.54) is 18.2 Å². The van der Waals surface area contributed by atoms with Gasteiger partial charge in [0, 0.05) is 6.07 Å². The van der Waals surface area contributed by atoms with E-state index in [4.69, 9.17) is 9.15 Å². The van der Waals surface area contributed by atoms with Crippen LogP contribution in [-0.2, 0) is 13.0 Å². The molecule has 0 saturated carbocycles. The first-order valence-corrected chi connectivity index (χ1v) is 7.42. The van der Waals surface area contributed by atoms with Gasteiger partial charge < -0.3 is 9.15 Å². The van der Waals surface area contributed by atoms with E-state index in [9.17, 15) is 14.0 Å². The van der Waals surface area contributed by atoms with Crippen LogP contribution in [0.1, 0.15) is 23.6 Å². The van der Waals surface area contributed by atoms with Crippen LogP contribution in [0.2, 0.25) is 0 Å². The van der Waals surface area contributed by atoms with E-state index < -0.39 is 11.2 Å². The fourth-order valence-electron chi connectivity index (χ4n) is 2.52. The maximum Gasteiger partial charge on any atom is 0.337 e. The van der Waals surface area contributed by atoms with Crippen LogP contribution in [-0.4, -0.2) is 9.97 Å². The molecule has 3 aromatic rings. The largest absolute Gasteiger partial charge is 0.460 e. The summed E-state index contributed by atoms with van der Waals surface area (Å²) in [5.74, 6) is -0.368. The Balaban J connectivity index is 1.96. The van der Waals surface area contributed by atoms with Crippen molar-refractivity contribution in [3.8, 4) is 6.01 Å². The monoisotopic (exact) mass is 330 g/mol. The third-order valence-corrected chi connectivity index (χ3v) is 3.53. The van der Waals surface area contributed by atoms with Crippen LogP contribution in [0, 0.1) is 12.7 Å². The van der Waals surface area contributed by atoms with E-state index in [1.54, 1.807) is 13.0 Å². The normalized spacial score (nSPS) is 11.0. The number of aryl methyl sites for hydroxylation is 2. The summed E-state index contributed by atoms with van der Waals surface area (Å²) in [7, 11) is 0. The molecule has 0 amide bonds. The van der Waals surface area contributed by atoms with Gasteiger partial charge in [-0.1, -0.05) is 13.0 Å². The lowest BCUT2D eigenvalue weighted by Gasteiger charge is -2.07. The van der Waals surface area contributed by atoms with Crippen molar-refractivity contribution in [3.05, 3.63) is 67.5 Å². The van der Waals surface area contributed by atoms with Crippen molar-refractivity contribution in [1.29, 1.82) is 0 Å². The van der Waals surface area contributed by atoms with Gasteiger partial charge in [-0.15, -0.1) is 0 Å². The van der Waals surface area contributed by atoms with Crippen molar-refractivity contribution >= 4 is 11.1 Å². The first-order valence-electron chi connectivity index (χ1n) is 7.42. The minimum absolute atomic E-state index is 0.0186. The molecule has 7 heteroatoms. The Kier molecular flexibility index (Phi) is 4.16. The number of nitrogens with one attached hydrogen (secondary N) is 1. The van der Waals surface area contributed by atoms with Gasteiger partial charge in [-0.25, -0.2) is 9.18 Å². The maximum absolute atomic E-state index is 13.4. The Morgan fingerprint density at radius 2 is 2.04 bits per heavy atom. The number of aromatic nitrogens is 2. The van der Waals surface area contributed by atoms with E-state index in [1.807, 2.05) is 6.92 Å². The zero-order chi connectivity index (χ0) is 17.3.